The molecule has 0 spiro atoms. The van der Waals surface area contributed by atoms with E-state index < -0.39 is 0 Å². The minimum absolute atomic E-state index is 0.0110. The molecule has 0 unspecified atom stereocenters. The van der Waals surface area contributed by atoms with Crippen LogP contribution in [0.4, 0.5) is 0 Å². The largest absolute Gasteiger partial charge is 0.466 e. The molecule has 4 heteroatoms. The van der Waals surface area contributed by atoms with Gasteiger partial charge in [-0.05, 0) is 19.8 Å². The van der Waals surface area contributed by atoms with E-state index in [-0.39, 0.29) is 24.5 Å². The van der Waals surface area contributed by atoms with Crippen LogP contribution in [-0.4, -0.2) is 30.3 Å². The fourth-order valence-corrected chi connectivity index (χ4v) is 1.24. The van der Waals surface area contributed by atoms with E-state index in [1.807, 2.05) is 6.92 Å². The van der Waals surface area contributed by atoms with Crippen molar-refractivity contribution in [1.29, 1.82) is 0 Å². The van der Waals surface area contributed by atoms with E-state index >= 15 is 0 Å². The van der Waals surface area contributed by atoms with Gasteiger partial charge in [0.25, 0.3) is 0 Å². The van der Waals surface area contributed by atoms with Crippen molar-refractivity contribution in [3.8, 4) is 0 Å². The summed E-state index contributed by atoms with van der Waals surface area (Å²) in [4.78, 5) is 11.3. The average Bonchev–Trinajstić information content (AvgIpc) is 2.06. The molecule has 3 N–H and O–H groups in total. The first-order valence-corrected chi connectivity index (χ1v) is 4.70. The van der Waals surface area contributed by atoms with Gasteiger partial charge in [-0.3, -0.25) is 4.79 Å². The topological polar surface area (TPSA) is 72.5 Å². The summed E-state index contributed by atoms with van der Waals surface area (Å²) in [6, 6.07) is -0.297. The van der Waals surface area contributed by atoms with Gasteiger partial charge in [-0.2, -0.15) is 0 Å². The fourth-order valence-electron chi connectivity index (χ4n) is 1.24. The third-order valence-corrected chi connectivity index (χ3v) is 2.01. The molecule has 0 aromatic heterocycles. The molecule has 0 amide bonds. The minimum atomic E-state index is -0.297. The molecule has 0 aromatic rings. The maximum atomic E-state index is 11.3. The molecule has 0 rings (SSSR count). The van der Waals surface area contributed by atoms with E-state index in [2.05, 4.69) is 0 Å². The van der Waals surface area contributed by atoms with Crippen LogP contribution >= 0.6 is 0 Å². The molecule has 0 saturated carbocycles. The Morgan fingerprint density at radius 3 is 2.54 bits per heavy atom. The van der Waals surface area contributed by atoms with Crippen molar-refractivity contribution in [2.24, 2.45) is 11.7 Å². The zero-order valence-corrected chi connectivity index (χ0v) is 8.32. The highest BCUT2D eigenvalue weighted by Crippen LogP contribution is 2.11. The van der Waals surface area contributed by atoms with Gasteiger partial charge in [0.1, 0.15) is 0 Å². The van der Waals surface area contributed by atoms with E-state index in [9.17, 15) is 4.79 Å². The summed E-state index contributed by atoms with van der Waals surface area (Å²) in [6.07, 6.45) is 1.09. The molecule has 13 heavy (non-hydrogen) atoms. The number of rotatable bonds is 6. The number of carbonyl (C=O) groups is 1. The molecule has 0 heterocycles. The van der Waals surface area contributed by atoms with Crippen molar-refractivity contribution in [2.45, 2.75) is 32.7 Å². The number of esters is 1. The molecule has 0 radical (unpaired) electrons. The molecule has 0 saturated heterocycles. The van der Waals surface area contributed by atoms with Crippen molar-refractivity contribution >= 4 is 5.97 Å². The maximum Gasteiger partial charge on any atom is 0.310 e. The van der Waals surface area contributed by atoms with Gasteiger partial charge in [0, 0.05) is 12.6 Å². The first-order chi connectivity index (χ1) is 6.17. The van der Waals surface area contributed by atoms with Crippen LogP contribution in [0.25, 0.3) is 0 Å². The van der Waals surface area contributed by atoms with Crippen molar-refractivity contribution < 1.29 is 14.6 Å². The van der Waals surface area contributed by atoms with Crippen LogP contribution in [0.2, 0.25) is 0 Å². The van der Waals surface area contributed by atoms with Crippen molar-refractivity contribution in [2.75, 3.05) is 13.2 Å². The molecule has 0 bridgehead atoms. The first kappa shape index (κ1) is 12.4. The van der Waals surface area contributed by atoms with Crippen LogP contribution in [0.1, 0.15) is 26.7 Å². The van der Waals surface area contributed by atoms with Gasteiger partial charge < -0.3 is 15.6 Å². The van der Waals surface area contributed by atoms with Crippen molar-refractivity contribution in [1.82, 2.24) is 0 Å². The Hall–Kier alpha value is -0.610. The summed E-state index contributed by atoms with van der Waals surface area (Å²) in [5, 5.41) is 8.66. The summed E-state index contributed by atoms with van der Waals surface area (Å²) < 4.78 is 4.86. The quantitative estimate of drug-likeness (QED) is 0.589. The molecule has 78 valence electrons. The van der Waals surface area contributed by atoms with Gasteiger partial charge in [0.2, 0.25) is 0 Å². The molecule has 2 atom stereocenters. The van der Waals surface area contributed by atoms with Gasteiger partial charge in [-0.25, -0.2) is 0 Å². The number of ether oxygens (including phenoxy) is 1. The lowest BCUT2D eigenvalue weighted by molar-refractivity contribution is -0.149. The van der Waals surface area contributed by atoms with Crippen molar-refractivity contribution in [3.05, 3.63) is 0 Å². The van der Waals surface area contributed by atoms with E-state index in [1.165, 1.54) is 0 Å². The second-order valence-corrected chi connectivity index (χ2v) is 2.94. The Kier molecular flexibility index (Phi) is 6.54. The van der Waals surface area contributed by atoms with E-state index in [1.54, 1.807) is 6.92 Å². The Morgan fingerprint density at radius 1 is 1.54 bits per heavy atom. The van der Waals surface area contributed by atoms with Crippen LogP contribution in [0.3, 0.4) is 0 Å². The highest BCUT2D eigenvalue weighted by molar-refractivity contribution is 5.73. The smallest absolute Gasteiger partial charge is 0.310 e. The lowest BCUT2D eigenvalue weighted by Gasteiger charge is -2.19. The number of nitrogens with two attached hydrogens (primary N) is 1. The fraction of sp³-hybridized carbons (Fsp3) is 0.889. The van der Waals surface area contributed by atoms with Crippen LogP contribution < -0.4 is 5.73 Å². The molecule has 4 nitrogen and oxygen atoms in total. The Morgan fingerprint density at radius 2 is 2.15 bits per heavy atom. The summed E-state index contributed by atoms with van der Waals surface area (Å²) in [5.41, 5.74) is 5.71. The number of hydrogen-bond donors (Lipinski definition) is 2. The molecule has 0 aromatic carbocycles. The highest BCUT2D eigenvalue weighted by Gasteiger charge is 2.24. The standard InChI is InChI=1S/C9H19NO3/c1-3-7(8(10)5-6-11)9(12)13-4-2/h7-8,11H,3-6,10H2,1-2H3/t7-,8-/m0/s1. The number of hydrogen-bond acceptors (Lipinski definition) is 4. The number of aliphatic hydroxyl groups is 1. The van der Waals surface area contributed by atoms with E-state index in [0.29, 0.717) is 19.4 Å². The maximum absolute atomic E-state index is 11.3. The van der Waals surface area contributed by atoms with Gasteiger partial charge in [0.15, 0.2) is 0 Å². The van der Waals surface area contributed by atoms with Gasteiger partial charge in [0.05, 0.1) is 12.5 Å². The lowest BCUT2D eigenvalue weighted by atomic mass is 9.95. The number of carbonyl (C=O) groups excluding carboxylic acids is 1. The third-order valence-electron chi connectivity index (χ3n) is 2.01. The first-order valence-electron chi connectivity index (χ1n) is 4.70. The predicted molar refractivity (Wildman–Crippen MR) is 50.1 cm³/mol. The predicted octanol–water partition coefficient (Wildman–Crippen LogP) is 0.285. The second kappa shape index (κ2) is 6.86. The van der Waals surface area contributed by atoms with Gasteiger partial charge >= 0.3 is 5.97 Å². The third kappa shape index (κ3) is 4.24. The number of aliphatic hydroxyl groups excluding tert-OH is 1. The van der Waals surface area contributed by atoms with Crippen LogP contribution in [0, 0.1) is 5.92 Å². The van der Waals surface area contributed by atoms with Crippen LogP contribution in [0.15, 0.2) is 0 Å². The summed E-state index contributed by atoms with van der Waals surface area (Å²) in [5.74, 6) is -0.543. The average molecular weight is 189 g/mol. The van der Waals surface area contributed by atoms with Gasteiger partial charge in [-0.15, -0.1) is 0 Å². The minimum Gasteiger partial charge on any atom is -0.466 e. The molecular weight excluding hydrogens is 170 g/mol. The molecular formula is C9H19NO3. The molecule has 0 aliphatic rings. The molecule has 0 aliphatic heterocycles. The second-order valence-electron chi connectivity index (χ2n) is 2.94. The molecule has 0 aliphatic carbocycles. The Bertz CT molecular complexity index is 150. The van der Waals surface area contributed by atoms with E-state index in [4.69, 9.17) is 15.6 Å². The lowest BCUT2D eigenvalue weighted by Crippen LogP contribution is -2.37. The Balaban J connectivity index is 4.06. The summed E-state index contributed by atoms with van der Waals surface area (Å²) >= 11 is 0. The highest BCUT2D eigenvalue weighted by atomic mass is 16.5. The van der Waals surface area contributed by atoms with E-state index in [0.717, 1.165) is 0 Å². The zero-order valence-electron chi connectivity index (χ0n) is 8.32. The Labute approximate surface area is 79.1 Å². The van der Waals surface area contributed by atoms with Crippen molar-refractivity contribution in [3.63, 3.8) is 0 Å². The summed E-state index contributed by atoms with van der Waals surface area (Å²) in [6.45, 7) is 4.04. The normalized spacial score (nSPS) is 15.1. The summed E-state index contributed by atoms with van der Waals surface area (Å²) in [7, 11) is 0. The van der Waals surface area contributed by atoms with Gasteiger partial charge in [-0.1, -0.05) is 6.92 Å². The van der Waals surface area contributed by atoms with Crippen LogP contribution in [-0.2, 0) is 9.53 Å². The zero-order chi connectivity index (χ0) is 10.3. The molecule has 0 fully saturated rings. The monoisotopic (exact) mass is 189 g/mol. The SMILES string of the molecule is CCOC(=O)[C@@H](CC)[C@@H](N)CCO. The van der Waals surface area contributed by atoms with Crippen LogP contribution in [0.5, 0.6) is 0 Å².